The normalized spacial score (nSPS) is 25.5. The van der Waals surface area contributed by atoms with Gasteiger partial charge in [0.1, 0.15) is 33.8 Å². The minimum Gasteiger partial charge on any atom is -0.481 e. The number of benzene rings is 4. The lowest BCUT2D eigenvalue weighted by molar-refractivity contribution is -0.142. The van der Waals surface area contributed by atoms with Gasteiger partial charge in [0.25, 0.3) is 0 Å². The van der Waals surface area contributed by atoms with Gasteiger partial charge < -0.3 is 85.2 Å². The van der Waals surface area contributed by atoms with E-state index in [1.54, 1.807) is 9.80 Å². The van der Waals surface area contributed by atoms with E-state index >= 15 is 0 Å². The number of alkyl carbamates (subject to hydrolysis) is 2. The number of nitriles is 1. The van der Waals surface area contributed by atoms with Crippen molar-refractivity contribution in [2.75, 3.05) is 26.2 Å². The van der Waals surface area contributed by atoms with Gasteiger partial charge in [0.2, 0.25) is 11.8 Å². The number of halogens is 2. The third-order valence-electron chi connectivity index (χ3n) is 27.0. The lowest BCUT2D eigenvalue weighted by Gasteiger charge is -2.30. The van der Waals surface area contributed by atoms with Gasteiger partial charge in [-0.3, -0.25) is 4.79 Å². The maximum absolute atomic E-state index is 13.4. The van der Waals surface area contributed by atoms with E-state index < -0.39 is 45.5 Å². The van der Waals surface area contributed by atoms with Gasteiger partial charge in [0.15, 0.2) is 11.6 Å². The third-order valence-corrected chi connectivity index (χ3v) is 27.0. The van der Waals surface area contributed by atoms with Crippen molar-refractivity contribution in [3.8, 4) is 6.07 Å². The Morgan fingerprint density at radius 2 is 0.809 bits per heavy atom. The van der Waals surface area contributed by atoms with Crippen molar-refractivity contribution in [3.05, 3.63) is 167 Å². The maximum Gasteiger partial charge on any atom is 0.410 e. The van der Waals surface area contributed by atoms with Crippen molar-refractivity contribution in [2.45, 2.75) is 397 Å². The molecular formula is C105H156I2N14O15. The van der Waals surface area contributed by atoms with Crippen molar-refractivity contribution in [2.24, 2.45) is 33.4 Å². The molecule has 0 radical (unpaired) electrons. The number of nitrogens with one attached hydrogen (secondary N) is 3. The second kappa shape index (κ2) is 46.9. The smallest absolute Gasteiger partial charge is 0.410 e. The molecular weight excluding hydrogens is 1950 g/mol. The fourth-order valence-corrected chi connectivity index (χ4v) is 18.4. The largest absolute Gasteiger partial charge is 0.481 e. The Morgan fingerprint density at radius 1 is 0.471 bits per heavy atom. The van der Waals surface area contributed by atoms with Crippen molar-refractivity contribution in [1.82, 2.24) is 50.9 Å². The van der Waals surface area contributed by atoms with E-state index in [1.807, 2.05) is 163 Å². The van der Waals surface area contributed by atoms with Crippen LogP contribution in [0.2, 0.25) is 0 Å². The van der Waals surface area contributed by atoms with E-state index in [1.165, 1.54) is 28.7 Å². The first kappa shape index (κ1) is 111. The number of aliphatic carboxylic acids is 1. The molecule has 0 unspecified atom stereocenters. The van der Waals surface area contributed by atoms with Crippen LogP contribution in [0.4, 0.5) is 24.0 Å². The van der Waals surface area contributed by atoms with Crippen LogP contribution in [0.15, 0.2) is 136 Å². The van der Waals surface area contributed by atoms with Crippen molar-refractivity contribution in [1.29, 1.82) is 5.26 Å². The number of ether oxygens (including phenoxy) is 5. The van der Waals surface area contributed by atoms with Crippen LogP contribution in [0.1, 0.15) is 361 Å². The molecule has 17 rings (SSSR count). The molecule has 136 heavy (non-hydrogen) atoms. The molecule has 29 nitrogen and oxygen atoms in total. The summed E-state index contributed by atoms with van der Waals surface area (Å²) < 4.78 is 39.0. The van der Waals surface area contributed by atoms with Gasteiger partial charge in [-0.1, -0.05) is 159 Å². The first-order valence-electron chi connectivity index (χ1n) is 48.0. The Kier molecular flexibility index (Phi) is 38.2. The lowest BCUT2D eigenvalue weighted by atomic mass is 9.86. The molecule has 4 aromatic carbocycles. The summed E-state index contributed by atoms with van der Waals surface area (Å²) in [5.74, 6) is 4.57. The third kappa shape index (κ3) is 32.3. The van der Waals surface area contributed by atoms with Crippen LogP contribution in [0, 0.1) is 28.1 Å². The summed E-state index contributed by atoms with van der Waals surface area (Å²) in [6.45, 7) is 30.4. The van der Waals surface area contributed by atoms with E-state index in [9.17, 15) is 34.0 Å². The summed E-state index contributed by atoms with van der Waals surface area (Å²) in [4.78, 5) is 88.4. The first-order chi connectivity index (χ1) is 62.9. The minimum atomic E-state index is -0.735. The van der Waals surface area contributed by atoms with Gasteiger partial charge in [-0.05, 0) is 280 Å². The minimum absolute atomic E-state index is 0. The number of carbonyl (C=O) groups excluding carboxylic acids is 5. The zero-order valence-corrected chi connectivity index (χ0v) is 84.9. The molecule has 11 saturated carbocycles. The summed E-state index contributed by atoms with van der Waals surface area (Å²) in [5.41, 5.74) is 13.5. The molecule has 0 saturated heterocycles. The van der Waals surface area contributed by atoms with Gasteiger partial charge in [-0.2, -0.15) is 15.2 Å². The van der Waals surface area contributed by atoms with Gasteiger partial charge in [0.05, 0.1) is 22.8 Å². The molecule has 2 heterocycles. The molecule has 5 amide bonds. The van der Waals surface area contributed by atoms with E-state index in [-0.39, 0.29) is 111 Å². The Bertz CT molecular complexity index is 4890. The Morgan fingerprint density at radius 3 is 1.14 bits per heavy atom. The van der Waals surface area contributed by atoms with Gasteiger partial charge in [0, 0.05) is 152 Å². The number of hydrogen-bond donors (Lipinski definition) is 7. The number of aromatic nitrogens is 4. The fraction of sp³-hybridized carbons (Fsp3) is 0.657. The monoisotopic (exact) mass is 2110 g/mol. The number of amidine groups is 1. The number of carboxylic acids is 1. The van der Waals surface area contributed by atoms with Crippen molar-refractivity contribution >= 4 is 79.5 Å². The second-order valence-electron chi connectivity index (χ2n) is 44.0. The standard InChI is InChI=1S/C31H44N4O5.C21H28N4O.C19H27N3O3.C19H24N2O2.C12H21NO4.3CH4.I2/c1-29(2,3)38-27(36)32-22-14-12-21(13-15-22)25-33-26(34-40-25)31(16-17-31)19-35(28(37)39-30(4,5)6)24-18-23(24)20-10-8-7-9-11-20;22-16-8-6-15(7-9-16)19-24-20(25-26-19)21(10-11-21)13-23-18-12-17(18)14-4-2-1-3-5-14;1-18(2,3)25-17(23)22(12-19(9-10-19)16(20)21-24)15-11-14(15)13-7-5-4-6-8-13;1-18(2,3)23-17(22)21(13-19(12-20)9-10-19)16-11-15(16)14-7-5-4-6-8-14;1-12(2,3)17-11(16)13-9-6-4-8(5-7-9)10(14)15;;;;1-2/h7-11,21-24H,12-19H2,1-6H3,(H,32,36);1-5,15-18,23H,6-13,22H2;4-8,14-15,24H,9-12H2,1-3H3,(H2,20,21);4-8,15-16H,9-11,13H2,1-3H3;8-9H,4-7H2,1-3H3,(H,13,16)(H,14,15);3*1H4;/t21?,22?,23-,24+;15?,16?,17-,18+;14-,15+;15-,16+;;;;;/m0000...../s1. The van der Waals surface area contributed by atoms with Crippen LogP contribution in [-0.2, 0) is 39.3 Å². The summed E-state index contributed by atoms with van der Waals surface area (Å²) in [5, 5.41) is 48.8. The predicted octanol–water partition coefficient (Wildman–Crippen LogP) is 22.9. The maximum atomic E-state index is 13.4. The highest BCUT2D eigenvalue weighted by atomic mass is 128. The topological polar surface area (TPSA) is 401 Å². The zero-order chi connectivity index (χ0) is 96.2. The van der Waals surface area contributed by atoms with Crippen LogP contribution < -0.4 is 27.4 Å². The summed E-state index contributed by atoms with van der Waals surface area (Å²) in [6.07, 6.45) is 20.3. The first-order valence-corrected chi connectivity index (χ1v) is 54.3. The summed E-state index contributed by atoms with van der Waals surface area (Å²) in [7, 11) is 0. The Labute approximate surface area is 831 Å². The molecule has 11 aliphatic rings. The van der Waals surface area contributed by atoms with E-state index in [4.69, 9.17) is 64.5 Å². The van der Waals surface area contributed by atoms with Crippen LogP contribution in [0.5, 0.6) is 0 Å². The lowest BCUT2D eigenvalue weighted by Crippen LogP contribution is -2.45. The predicted molar refractivity (Wildman–Crippen MR) is 544 cm³/mol. The van der Waals surface area contributed by atoms with Crippen molar-refractivity contribution in [3.63, 3.8) is 0 Å². The SMILES string of the molecule is C.C.C.CC(C)(C)OC(=O)N(CC1(C#N)CC1)[C@@H]1C[C@H]1c1ccccc1.CC(C)(C)OC(=O)N(CC1(C(N)=NO)CC1)[C@@H]1C[C@H]1c1ccccc1.CC(C)(C)OC(=O)NC1CCC(C(=O)O)CC1.CC(C)(C)OC(=O)NC1CCC(c2nc(C3(CN(C(=O)OC(C)(C)C)[C@@H]4C[C@H]4c4ccccc4)CC3)no2)CC1.II.NC1CCC(c2nc(C3(CN[C@@H]4C[C@H]4c4ccccc4)CC3)no2)CC1. The quantitative estimate of drug-likeness (QED) is 0.00739. The molecule has 11 fully saturated rings. The molecule has 9 N–H and O–H groups in total. The van der Waals surface area contributed by atoms with Crippen LogP contribution in [0.25, 0.3) is 0 Å². The average Bonchev–Trinajstić information content (AvgIpc) is 1.58. The molecule has 2 aromatic heterocycles. The van der Waals surface area contributed by atoms with Crippen LogP contribution >= 0.6 is 37.2 Å². The molecule has 0 aliphatic heterocycles. The molecule has 11 aliphatic carbocycles. The molecule has 8 atom stereocenters. The van der Waals surface area contributed by atoms with Gasteiger partial charge in [-0.15, -0.1) is 0 Å². The number of carboxylic acid groups (broad SMARTS) is 1. The highest BCUT2D eigenvalue weighted by Crippen LogP contribution is 2.56. The van der Waals surface area contributed by atoms with E-state index in [0.717, 1.165) is 140 Å². The van der Waals surface area contributed by atoms with Gasteiger partial charge in [-0.25, -0.2) is 24.0 Å². The number of rotatable bonds is 24. The number of oxime groups is 1. The molecule has 0 bridgehead atoms. The number of nitrogens with zero attached hydrogens (tertiary/aromatic N) is 9. The summed E-state index contributed by atoms with van der Waals surface area (Å²) in [6, 6.07) is 45.5. The van der Waals surface area contributed by atoms with Crippen LogP contribution in [-0.4, -0.2) is 184 Å². The number of amides is 5. The van der Waals surface area contributed by atoms with Crippen LogP contribution in [0.3, 0.4) is 0 Å². The average molecular weight is 2110 g/mol. The molecule has 750 valence electrons. The highest BCUT2D eigenvalue weighted by Gasteiger charge is 2.58. The summed E-state index contributed by atoms with van der Waals surface area (Å²) >= 11 is 4.24. The Balaban J connectivity index is 0.000000194. The van der Waals surface area contributed by atoms with E-state index in [0.29, 0.717) is 98.7 Å². The number of nitrogens with two attached hydrogens (primary N) is 2. The number of hydrogen-bond acceptors (Lipinski definition) is 22. The Hall–Kier alpha value is -8.88. The zero-order valence-electron chi connectivity index (χ0n) is 80.6. The van der Waals surface area contributed by atoms with Crippen molar-refractivity contribution < 1.29 is 71.8 Å². The fourth-order valence-electron chi connectivity index (χ4n) is 18.4. The highest BCUT2D eigenvalue weighted by molar-refractivity contribution is 15.0. The molecule has 31 heteroatoms. The molecule has 6 aromatic rings. The van der Waals surface area contributed by atoms with Gasteiger partial charge >= 0.3 is 36.4 Å². The molecule has 0 spiro atoms. The van der Waals surface area contributed by atoms with E-state index in [2.05, 4.69) is 141 Å². The second-order valence-corrected chi connectivity index (χ2v) is 44.0. The number of carbonyl (C=O) groups is 6.